The van der Waals surface area contributed by atoms with Gasteiger partial charge in [-0.2, -0.15) is 0 Å². The van der Waals surface area contributed by atoms with Gasteiger partial charge in [0, 0.05) is 0 Å². The van der Waals surface area contributed by atoms with Crippen LogP contribution in [-0.2, 0) is 4.74 Å². The number of hydrogen-bond donors (Lipinski definition) is 0. The van der Waals surface area contributed by atoms with Gasteiger partial charge < -0.3 is 21.6 Å². The van der Waals surface area contributed by atoms with E-state index < -0.39 is 0 Å². The molecule has 0 aliphatic carbocycles. The average molecular weight is 250 g/mol. The lowest BCUT2D eigenvalue weighted by Gasteiger charge is -2.37. The highest BCUT2D eigenvalue weighted by Gasteiger charge is 2.35. The Morgan fingerprint density at radius 1 is 1.06 bits per heavy atom. The molecule has 1 rings (SSSR count). The lowest BCUT2D eigenvalue weighted by Crippen LogP contribution is -3.00. The Morgan fingerprint density at radius 3 is 1.88 bits per heavy atom. The van der Waals surface area contributed by atoms with Crippen molar-refractivity contribution in [1.82, 2.24) is 0 Å². The first-order valence-corrected chi connectivity index (χ1v) is 6.73. The van der Waals surface area contributed by atoms with Gasteiger partial charge in [-0.1, -0.05) is 26.7 Å². The van der Waals surface area contributed by atoms with Crippen LogP contribution >= 0.6 is 0 Å². The summed E-state index contributed by atoms with van der Waals surface area (Å²) in [6, 6.07) is 0. The molecule has 0 amide bonds. The Hall–Kier alpha value is 0.210. The Bertz CT molecular complexity index is 163. The van der Waals surface area contributed by atoms with Crippen LogP contribution in [0.25, 0.3) is 0 Å². The molecule has 3 heteroatoms. The first-order chi connectivity index (χ1) is 7.26. The molecule has 0 spiro atoms. The lowest BCUT2D eigenvalue weighted by atomic mass is 10.2. The Kier molecular flexibility index (Phi) is 8.43. The Labute approximate surface area is 107 Å². The minimum absolute atomic E-state index is 0. The van der Waals surface area contributed by atoms with Crippen LogP contribution in [0.15, 0.2) is 0 Å². The number of likely N-dealkylation sites (N-methyl/N-ethyl adjacent to an activating group) is 1. The first-order valence-electron chi connectivity index (χ1n) is 6.73. The van der Waals surface area contributed by atoms with Crippen molar-refractivity contribution in [3.8, 4) is 0 Å². The zero-order valence-electron chi connectivity index (χ0n) is 11.2. The average Bonchev–Trinajstić information content (AvgIpc) is 3.06. The van der Waals surface area contributed by atoms with Gasteiger partial charge in [0.1, 0.15) is 12.6 Å². The normalized spacial score (nSPS) is 19.3. The highest BCUT2D eigenvalue weighted by molar-refractivity contribution is 4.68. The maximum Gasteiger partial charge on any atom is 0.130 e. The molecule has 0 N–H and O–H groups in total. The summed E-state index contributed by atoms with van der Waals surface area (Å²) in [7, 11) is 0. The molecular formula is C13H28ClNO. The zero-order valence-corrected chi connectivity index (χ0v) is 11.9. The minimum atomic E-state index is 0. The molecular weight excluding hydrogens is 222 g/mol. The quantitative estimate of drug-likeness (QED) is 0.408. The molecule has 2 nitrogen and oxygen atoms in total. The highest BCUT2D eigenvalue weighted by atomic mass is 35.5. The molecule has 0 aromatic carbocycles. The van der Waals surface area contributed by atoms with Gasteiger partial charge in [-0.25, -0.2) is 0 Å². The van der Waals surface area contributed by atoms with Gasteiger partial charge in [0.15, 0.2) is 0 Å². The van der Waals surface area contributed by atoms with Gasteiger partial charge in [0.25, 0.3) is 0 Å². The monoisotopic (exact) mass is 249 g/mol. The molecule has 0 aromatic rings. The number of rotatable bonds is 9. The summed E-state index contributed by atoms with van der Waals surface area (Å²) in [6.07, 6.45) is 5.95. The Balaban J connectivity index is 0.00000225. The number of quaternary nitrogens is 1. The van der Waals surface area contributed by atoms with E-state index in [1.165, 1.54) is 56.3 Å². The SMILES string of the molecule is CCCC[N+](CC)(CCCC)CC1CO1.[Cl-]. The number of unbranched alkanes of at least 4 members (excludes halogenated alkanes) is 2. The van der Waals surface area contributed by atoms with Crippen molar-refractivity contribution >= 4 is 0 Å². The molecule has 0 bridgehead atoms. The highest BCUT2D eigenvalue weighted by Crippen LogP contribution is 2.19. The van der Waals surface area contributed by atoms with Crippen molar-refractivity contribution in [1.29, 1.82) is 0 Å². The fourth-order valence-electron chi connectivity index (χ4n) is 2.33. The molecule has 1 atom stereocenters. The maximum atomic E-state index is 5.41. The second-order valence-electron chi connectivity index (χ2n) is 4.95. The number of epoxide rings is 1. The van der Waals surface area contributed by atoms with E-state index in [0.717, 1.165) is 6.61 Å². The summed E-state index contributed by atoms with van der Waals surface area (Å²) in [5.41, 5.74) is 0. The molecule has 0 radical (unpaired) electrons. The first kappa shape index (κ1) is 16.2. The second kappa shape index (κ2) is 8.32. The third-order valence-corrected chi connectivity index (χ3v) is 3.64. The molecule has 1 heterocycles. The molecule has 1 saturated heterocycles. The summed E-state index contributed by atoms with van der Waals surface area (Å²) in [6.45, 7) is 13.2. The van der Waals surface area contributed by atoms with Crippen molar-refractivity contribution in [2.24, 2.45) is 0 Å². The van der Waals surface area contributed by atoms with Crippen LogP contribution in [0.5, 0.6) is 0 Å². The van der Waals surface area contributed by atoms with E-state index in [1.807, 2.05) is 0 Å². The number of hydrogen-bond acceptors (Lipinski definition) is 1. The van der Waals surface area contributed by atoms with E-state index in [1.54, 1.807) is 0 Å². The molecule has 1 fully saturated rings. The van der Waals surface area contributed by atoms with E-state index in [0.29, 0.717) is 6.10 Å². The van der Waals surface area contributed by atoms with Crippen molar-refractivity contribution in [3.63, 3.8) is 0 Å². The zero-order chi connectivity index (χ0) is 11.1. The fourth-order valence-corrected chi connectivity index (χ4v) is 2.33. The third kappa shape index (κ3) is 5.51. The lowest BCUT2D eigenvalue weighted by molar-refractivity contribution is -0.927. The fraction of sp³-hybridized carbons (Fsp3) is 1.00. The van der Waals surface area contributed by atoms with Crippen molar-refractivity contribution in [2.75, 3.05) is 32.8 Å². The van der Waals surface area contributed by atoms with Gasteiger partial charge in [0.05, 0.1) is 26.2 Å². The van der Waals surface area contributed by atoms with Crippen molar-refractivity contribution in [2.45, 2.75) is 52.6 Å². The third-order valence-electron chi connectivity index (χ3n) is 3.64. The van der Waals surface area contributed by atoms with Crippen LogP contribution in [0.3, 0.4) is 0 Å². The van der Waals surface area contributed by atoms with Crippen LogP contribution in [0.2, 0.25) is 0 Å². The maximum absolute atomic E-state index is 5.41. The summed E-state index contributed by atoms with van der Waals surface area (Å²) in [4.78, 5) is 0. The Morgan fingerprint density at radius 2 is 1.56 bits per heavy atom. The van der Waals surface area contributed by atoms with Gasteiger partial charge >= 0.3 is 0 Å². The standard InChI is InChI=1S/C13H28NO.ClH/c1-4-7-9-14(6-3,10-8-5-2)11-13-12-15-13;/h13H,4-12H2,1-3H3;1H/q+1;/p-1. The van der Waals surface area contributed by atoms with Gasteiger partial charge in [-0.15, -0.1) is 0 Å². The molecule has 0 aromatic heterocycles. The smallest absolute Gasteiger partial charge is 0.130 e. The second-order valence-corrected chi connectivity index (χ2v) is 4.95. The molecule has 98 valence electrons. The molecule has 1 aliphatic rings. The molecule has 16 heavy (non-hydrogen) atoms. The summed E-state index contributed by atoms with van der Waals surface area (Å²) in [5, 5.41) is 0. The number of ether oxygens (including phenoxy) is 1. The number of nitrogens with zero attached hydrogens (tertiary/aromatic N) is 1. The molecule has 1 aliphatic heterocycles. The van der Waals surface area contributed by atoms with E-state index in [2.05, 4.69) is 20.8 Å². The minimum Gasteiger partial charge on any atom is -1.00 e. The molecule has 0 saturated carbocycles. The predicted octanol–water partition coefficient (Wildman–Crippen LogP) is -0.174. The van der Waals surface area contributed by atoms with Crippen LogP contribution in [0.4, 0.5) is 0 Å². The van der Waals surface area contributed by atoms with Crippen LogP contribution in [0, 0.1) is 0 Å². The van der Waals surface area contributed by atoms with Crippen molar-refractivity contribution in [3.05, 3.63) is 0 Å². The summed E-state index contributed by atoms with van der Waals surface area (Å²) < 4.78 is 6.71. The van der Waals surface area contributed by atoms with E-state index in [4.69, 9.17) is 4.74 Å². The topological polar surface area (TPSA) is 12.5 Å². The van der Waals surface area contributed by atoms with E-state index in [-0.39, 0.29) is 12.4 Å². The predicted molar refractivity (Wildman–Crippen MR) is 65.0 cm³/mol. The van der Waals surface area contributed by atoms with Gasteiger partial charge in [-0.05, 0) is 19.8 Å². The van der Waals surface area contributed by atoms with Crippen LogP contribution in [0.1, 0.15) is 46.5 Å². The summed E-state index contributed by atoms with van der Waals surface area (Å²) >= 11 is 0. The van der Waals surface area contributed by atoms with E-state index in [9.17, 15) is 0 Å². The summed E-state index contributed by atoms with van der Waals surface area (Å²) in [5.74, 6) is 0. The van der Waals surface area contributed by atoms with Gasteiger partial charge in [0.2, 0.25) is 0 Å². The largest absolute Gasteiger partial charge is 1.00 e. The van der Waals surface area contributed by atoms with Crippen molar-refractivity contribution < 1.29 is 21.6 Å². The van der Waals surface area contributed by atoms with Crippen LogP contribution < -0.4 is 12.4 Å². The van der Waals surface area contributed by atoms with Gasteiger partial charge in [-0.3, -0.25) is 0 Å². The van der Waals surface area contributed by atoms with Crippen LogP contribution in [-0.4, -0.2) is 43.4 Å². The van der Waals surface area contributed by atoms with E-state index >= 15 is 0 Å². The molecule has 1 unspecified atom stereocenters. The number of halogens is 1.